The third-order valence-electron chi connectivity index (χ3n) is 4.20. The normalized spacial score (nSPS) is 18.6. The van der Waals surface area contributed by atoms with Crippen molar-refractivity contribution >= 4 is 40.8 Å². The second-order valence-corrected chi connectivity index (χ2v) is 6.45. The molecule has 1 heterocycles. The lowest BCUT2D eigenvalue weighted by Crippen LogP contribution is -2.39. The number of fused-ring (bicyclic) bond motifs is 1. The molecule has 0 radical (unpaired) electrons. The van der Waals surface area contributed by atoms with Gasteiger partial charge in [-0.1, -0.05) is 41.4 Å². The molecule has 130 valence electrons. The van der Waals surface area contributed by atoms with Crippen molar-refractivity contribution in [2.45, 2.75) is 18.8 Å². The molecule has 1 atom stereocenters. The van der Waals surface area contributed by atoms with Gasteiger partial charge in [0.05, 0.1) is 23.1 Å². The first-order chi connectivity index (χ1) is 11.9. The summed E-state index contributed by atoms with van der Waals surface area (Å²) >= 11 is 12.1. The minimum atomic E-state index is -1.57. The van der Waals surface area contributed by atoms with Crippen molar-refractivity contribution in [3.63, 3.8) is 0 Å². The summed E-state index contributed by atoms with van der Waals surface area (Å²) in [6, 6.07) is 8.82. The minimum absolute atomic E-state index is 0.0812. The van der Waals surface area contributed by atoms with Gasteiger partial charge in [0.1, 0.15) is 11.2 Å². The Bertz CT molecular complexity index is 871. The maximum Gasteiger partial charge on any atom is 0.307 e. The van der Waals surface area contributed by atoms with Crippen LogP contribution in [-0.2, 0) is 19.7 Å². The predicted molar refractivity (Wildman–Crippen MR) is 93.5 cm³/mol. The van der Waals surface area contributed by atoms with Gasteiger partial charge in [-0.15, -0.1) is 0 Å². The Kier molecular flexibility index (Phi) is 4.71. The van der Waals surface area contributed by atoms with Crippen LogP contribution in [-0.4, -0.2) is 18.5 Å². The van der Waals surface area contributed by atoms with Crippen molar-refractivity contribution in [2.24, 2.45) is 0 Å². The molecule has 7 heteroatoms. The van der Waals surface area contributed by atoms with Gasteiger partial charge in [-0.2, -0.15) is 0 Å². The van der Waals surface area contributed by atoms with E-state index in [1.165, 1.54) is 30.3 Å². The molecule has 2 aromatic carbocycles. The lowest BCUT2D eigenvalue weighted by Gasteiger charge is -2.27. The average molecular weight is 382 g/mol. The van der Waals surface area contributed by atoms with Gasteiger partial charge in [0.25, 0.3) is 0 Å². The number of carbonyl (C=O) groups excluding carboxylic acids is 2. The Labute approximate surface area is 153 Å². The number of esters is 1. The van der Waals surface area contributed by atoms with E-state index in [9.17, 15) is 14.0 Å². The van der Waals surface area contributed by atoms with Crippen LogP contribution in [0.25, 0.3) is 0 Å². The van der Waals surface area contributed by atoms with Crippen LogP contribution in [0.2, 0.25) is 10.0 Å². The first-order valence-electron chi connectivity index (χ1n) is 7.61. The standard InChI is InChI=1S/C18H14Cl2FNO3/c1-2-25-16(23)9-18(10-5-3-4-6-14(10)21)11-7-12(19)13(20)8-15(11)22-17(18)24/h3-8H,2,9H2,1H3,(H,22,24). The molecule has 3 rings (SSSR count). The number of hydrogen-bond acceptors (Lipinski definition) is 3. The number of nitrogens with one attached hydrogen (secondary N) is 1. The summed E-state index contributed by atoms with van der Waals surface area (Å²) in [5.74, 6) is -1.74. The van der Waals surface area contributed by atoms with E-state index in [0.717, 1.165) is 0 Å². The van der Waals surface area contributed by atoms with Crippen LogP contribution >= 0.6 is 23.2 Å². The van der Waals surface area contributed by atoms with Crippen LogP contribution in [0, 0.1) is 5.82 Å². The second kappa shape index (κ2) is 6.65. The molecule has 0 spiro atoms. The fourth-order valence-electron chi connectivity index (χ4n) is 3.13. The average Bonchev–Trinajstić information content (AvgIpc) is 2.81. The first-order valence-corrected chi connectivity index (χ1v) is 8.37. The van der Waals surface area contributed by atoms with E-state index in [1.54, 1.807) is 13.0 Å². The molecule has 1 unspecified atom stereocenters. The molecular formula is C18H14Cl2FNO3. The number of rotatable bonds is 4. The maximum atomic E-state index is 14.6. The van der Waals surface area contributed by atoms with Gasteiger partial charge in [-0.05, 0) is 30.7 Å². The number of carbonyl (C=O) groups is 2. The molecule has 1 N–H and O–H groups in total. The van der Waals surface area contributed by atoms with E-state index < -0.39 is 23.1 Å². The Balaban J connectivity index is 2.27. The fourth-order valence-corrected chi connectivity index (χ4v) is 3.46. The summed E-state index contributed by atoms with van der Waals surface area (Å²) in [5, 5.41) is 3.13. The van der Waals surface area contributed by atoms with E-state index in [2.05, 4.69) is 5.32 Å². The molecule has 25 heavy (non-hydrogen) atoms. The van der Waals surface area contributed by atoms with Crippen LogP contribution in [0.5, 0.6) is 0 Å². The van der Waals surface area contributed by atoms with E-state index in [0.29, 0.717) is 11.3 Å². The number of halogens is 3. The Morgan fingerprint density at radius 2 is 1.88 bits per heavy atom. The summed E-state index contributed by atoms with van der Waals surface area (Å²) in [7, 11) is 0. The molecular weight excluding hydrogens is 368 g/mol. The molecule has 0 aromatic heterocycles. The number of anilines is 1. The molecule has 1 aliphatic heterocycles. The van der Waals surface area contributed by atoms with Gasteiger partial charge in [-0.25, -0.2) is 4.39 Å². The summed E-state index contributed by atoms with van der Waals surface area (Å²) in [5.41, 5.74) is -0.698. The highest BCUT2D eigenvalue weighted by Gasteiger charge is 2.51. The minimum Gasteiger partial charge on any atom is -0.466 e. The molecule has 2 aromatic rings. The quantitative estimate of drug-likeness (QED) is 0.802. The van der Waals surface area contributed by atoms with Crippen LogP contribution in [0.1, 0.15) is 24.5 Å². The summed E-state index contributed by atoms with van der Waals surface area (Å²) in [6.07, 6.45) is -0.349. The van der Waals surface area contributed by atoms with Crippen LogP contribution < -0.4 is 5.32 Å². The Hall–Kier alpha value is -2.11. The van der Waals surface area contributed by atoms with Crippen molar-refractivity contribution in [3.8, 4) is 0 Å². The van der Waals surface area contributed by atoms with E-state index in [1.807, 2.05) is 0 Å². The third-order valence-corrected chi connectivity index (χ3v) is 4.93. The Morgan fingerprint density at radius 3 is 2.56 bits per heavy atom. The van der Waals surface area contributed by atoms with E-state index in [-0.39, 0.29) is 28.6 Å². The van der Waals surface area contributed by atoms with Gasteiger partial charge >= 0.3 is 5.97 Å². The lowest BCUT2D eigenvalue weighted by atomic mass is 9.72. The molecule has 1 aliphatic rings. The van der Waals surface area contributed by atoms with Crippen molar-refractivity contribution in [1.82, 2.24) is 0 Å². The zero-order chi connectivity index (χ0) is 18.2. The van der Waals surface area contributed by atoms with E-state index >= 15 is 0 Å². The number of ether oxygens (including phenoxy) is 1. The Morgan fingerprint density at radius 1 is 1.20 bits per heavy atom. The van der Waals surface area contributed by atoms with Crippen molar-refractivity contribution in [1.29, 1.82) is 0 Å². The van der Waals surface area contributed by atoms with Crippen LogP contribution in [0.3, 0.4) is 0 Å². The molecule has 0 bridgehead atoms. The predicted octanol–water partition coefficient (Wildman–Crippen LogP) is 4.32. The van der Waals surface area contributed by atoms with Crippen LogP contribution in [0.15, 0.2) is 36.4 Å². The molecule has 4 nitrogen and oxygen atoms in total. The number of hydrogen-bond donors (Lipinski definition) is 1. The van der Waals surface area contributed by atoms with Gasteiger partial charge in [-0.3, -0.25) is 9.59 Å². The summed E-state index contributed by atoms with van der Waals surface area (Å²) < 4.78 is 19.6. The van der Waals surface area contributed by atoms with Crippen molar-refractivity contribution in [2.75, 3.05) is 11.9 Å². The second-order valence-electron chi connectivity index (χ2n) is 5.63. The lowest BCUT2D eigenvalue weighted by molar-refractivity contribution is -0.145. The zero-order valence-corrected chi connectivity index (χ0v) is 14.7. The van der Waals surface area contributed by atoms with Gasteiger partial charge in [0.2, 0.25) is 5.91 Å². The summed E-state index contributed by atoms with van der Waals surface area (Å²) in [4.78, 5) is 25.1. The topological polar surface area (TPSA) is 55.4 Å². The highest BCUT2D eigenvalue weighted by molar-refractivity contribution is 6.42. The van der Waals surface area contributed by atoms with E-state index in [4.69, 9.17) is 27.9 Å². The SMILES string of the molecule is CCOC(=O)CC1(c2ccccc2F)C(=O)Nc2cc(Cl)c(Cl)cc21. The highest BCUT2D eigenvalue weighted by Crippen LogP contribution is 2.48. The van der Waals surface area contributed by atoms with Crippen LogP contribution in [0.4, 0.5) is 10.1 Å². The van der Waals surface area contributed by atoms with Gasteiger partial charge in [0.15, 0.2) is 0 Å². The highest BCUT2D eigenvalue weighted by atomic mass is 35.5. The maximum absolute atomic E-state index is 14.6. The monoisotopic (exact) mass is 381 g/mol. The number of benzene rings is 2. The zero-order valence-electron chi connectivity index (χ0n) is 13.2. The first kappa shape index (κ1) is 17.7. The molecule has 0 aliphatic carbocycles. The van der Waals surface area contributed by atoms with Gasteiger partial charge < -0.3 is 10.1 Å². The van der Waals surface area contributed by atoms with Crippen molar-refractivity contribution < 1.29 is 18.7 Å². The fraction of sp³-hybridized carbons (Fsp3) is 0.222. The molecule has 0 saturated heterocycles. The van der Waals surface area contributed by atoms with Crippen molar-refractivity contribution in [3.05, 3.63) is 63.4 Å². The third kappa shape index (κ3) is 2.87. The molecule has 0 saturated carbocycles. The smallest absolute Gasteiger partial charge is 0.307 e. The molecule has 0 fully saturated rings. The number of amides is 1. The summed E-state index contributed by atoms with van der Waals surface area (Å²) in [6.45, 7) is 1.81. The molecule has 1 amide bonds. The van der Waals surface area contributed by atoms with Gasteiger partial charge in [0, 0.05) is 11.3 Å². The largest absolute Gasteiger partial charge is 0.466 e.